The number of phenolic OH excluding ortho intramolecular Hbond substituents is 1. The predicted octanol–water partition coefficient (Wildman–Crippen LogP) is 4.38. The molecule has 6 nitrogen and oxygen atoms in total. The lowest BCUT2D eigenvalue weighted by Gasteiger charge is -2.20. The van der Waals surface area contributed by atoms with Crippen LogP contribution in [0, 0.1) is 0 Å². The number of ether oxygens (including phenoxy) is 2. The van der Waals surface area contributed by atoms with E-state index in [2.05, 4.69) is 4.74 Å². The second kappa shape index (κ2) is 7.96. The number of aliphatic imine (C=N–C) groups is 1. The van der Waals surface area contributed by atoms with Crippen LogP contribution in [0.1, 0.15) is 36.8 Å². The number of alkyl halides is 3. The van der Waals surface area contributed by atoms with Gasteiger partial charge in [0.1, 0.15) is 17.3 Å². The number of aliphatic hydroxyl groups is 1. The molecule has 4 rings (SSSR count). The number of rotatable bonds is 3. The summed E-state index contributed by atoms with van der Waals surface area (Å²) in [5.41, 5.74) is 3.60. The summed E-state index contributed by atoms with van der Waals surface area (Å²) < 4.78 is 48.8. The molecule has 1 atom stereocenters. The van der Waals surface area contributed by atoms with E-state index >= 15 is 0 Å². The van der Waals surface area contributed by atoms with Crippen molar-refractivity contribution >= 4 is 11.5 Å². The number of halogens is 3. The molecule has 1 saturated carbocycles. The molecule has 30 heavy (non-hydrogen) atoms. The molecule has 162 valence electrons. The van der Waals surface area contributed by atoms with E-state index in [1.165, 1.54) is 12.1 Å². The maximum atomic E-state index is 12.5. The van der Waals surface area contributed by atoms with E-state index in [4.69, 9.17) is 9.73 Å². The van der Waals surface area contributed by atoms with Gasteiger partial charge in [-0.25, -0.2) is 4.99 Å². The van der Waals surface area contributed by atoms with Gasteiger partial charge in [-0.2, -0.15) is 0 Å². The Bertz CT molecular complexity index is 982. The highest BCUT2D eigenvalue weighted by Gasteiger charge is 2.32. The maximum absolute atomic E-state index is 12.5. The molecule has 2 N–H and O–H groups in total. The Morgan fingerprint density at radius 1 is 1.20 bits per heavy atom. The third-order valence-corrected chi connectivity index (χ3v) is 5.57. The molecule has 1 aliphatic heterocycles. The van der Waals surface area contributed by atoms with Crippen LogP contribution in [0.25, 0.3) is 11.3 Å². The third-order valence-electron chi connectivity index (χ3n) is 5.57. The molecule has 2 aromatic rings. The van der Waals surface area contributed by atoms with Gasteiger partial charge in [-0.1, -0.05) is 6.42 Å². The van der Waals surface area contributed by atoms with Crippen molar-refractivity contribution in [2.45, 2.75) is 51.2 Å². The minimum atomic E-state index is -4.83. The molecule has 2 aliphatic rings. The zero-order valence-corrected chi connectivity index (χ0v) is 16.5. The first kappa shape index (κ1) is 20.7. The van der Waals surface area contributed by atoms with E-state index in [1.807, 2.05) is 4.57 Å². The van der Waals surface area contributed by atoms with E-state index in [0.29, 0.717) is 49.6 Å². The molecule has 1 aliphatic carbocycles. The van der Waals surface area contributed by atoms with Gasteiger partial charge in [0.15, 0.2) is 0 Å². The Morgan fingerprint density at radius 3 is 2.70 bits per heavy atom. The molecular formula is C21H23F3N2O4. The van der Waals surface area contributed by atoms with E-state index in [1.54, 1.807) is 7.05 Å². The second-order valence-electron chi connectivity index (χ2n) is 7.58. The number of phenols is 1. The summed E-state index contributed by atoms with van der Waals surface area (Å²) in [4.78, 5) is 4.75. The summed E-state index contributed by atoms with van der Waals surface area (Å²) >= 11 is 0. The lowest BCUT2D eigenvalue weighted by Crippen LogP contribution is -2.24. The van der Waals surface area contributed by atoms with Crippen molar-refractivity contribution in [1.82, 2.24) is 4.57 Å². The molecule has 0 saturated heterocycles. The van der Waals surface area contributed by atoms with Crippen molar-refractivity contribution in [3.8, 4) is 22.8 Å². The predicted molar refractivity (Wildman–Crippen MR) is 104 cm³/mol. The molecule has 0 amide bonds. The van der Waals surface area contributed by atoms with Gasteiger partial charge in [0, 0.05) is 30.0 Å². The average molecular weight is 424 g/mol. The normalized spacial score (nSPS) is 21.0. The van der Waals surface area contributed by atoms with E-state index in [-0.39, 0.29) is 5.75 Å². The summed E-state index contributed by atoms with van der Waals surface area (Å²) in [6.45, 7) is 0.847. The van der Waals surface area contributed by atoms with Crippen LogP contribution in [-0.4, -0.2) is 39.6 Å². The number of aliphatic hydroxyl groups excluding tert-OH is 1. The minimum absolute atomic E-state index is 0.316. The maximum Gasteiger partial charge on any atom is 0.573 e. The average Bonchev–Trinajstić information content (AvgIpc) is 2.95. The van der Waals surface area contributed by atoms with E-state index in [9.17, 15) is 23.4 Å². The molecule has 2 heterocycles. The van der Waals surface area contributed by atoms with Crippen molar-refractivity contribution in [1.29, 1.82) is 0 Å². The molecule has 1 aromatic carbocycles. The van der Waals surface area contributed by atoms with Gasteiger partial charge in [-0.15, -0.1) is 13.2 Å². The first-order valence-corrected chi connectivity index (χ1v) is 9.87. The van der Waals surface area contributed by atoms with Crippen molar-refractivity contribution < 1.29 is 32.9 Å². The number of hydrogen-bond donors (Lipinski definition) is 2. The van der Waals surface area contributed by atoms with E-state index < -0.39 is 18.2 Å². The summed E-state index contributed by atoms with van der Waals surface area (Å²) in [5.74, 6) is -0.157. The number of benzene rings is 1. The topological polar surface area (TPSA) is 76.2 Å². The number of aromatic hydroxyl groups is 1. The molecular weight excluding hydrogens is 401 g/mol. The fourth-order valence-electron chi connectivity index (χ4n) is 4.20. The molecule has 0 bridgehead atoms. The summed E-state index contributed by atoms with van der Waals surface area (Å²) in [6, 6.07) is 3.55. The second-order valence-corrected chi connectivity index (χ2v) is 7.58. The Hall–Kier alpha value is -2.52. The van der Waals surface area contributed by atoms with Crippen LogP contribution < -0.4 is 4.74 Å². The highest BCUT2D eigenvalue weighted by Crippen LogP contribution is 2.43. The van der Waals surface area contributed by atoms with Gasteiger partial charge < -0.3 is 24.3 Å². The van der Waals surface area contributed by atoms with Gasteiger partial charge >= 0.3 is 6.36 Å². The number of hydrogen-bond acceptors (Lipinski definition) is 5. The van der Waals surface area contributed by atoms with Crippen LogP contribution in [0.15, 0.2) is 23.2 Å². The molecule has 0 unspecified atom stereocenters. The Labute approximate surface area is 171 Å². The summed E-state index contributed by atoms with van der Waals surface area (Å²) in [6.07, 6.45) is -1.51. The Kier molecular flexibility index (Phi) is 5.50. The highest BCUT2D eigenvalue weighted by atomic mass is 19.4. The van der Waals surface area contributed by atoms with Crippen LogP contribution in [0.4, 0.5) is 19.0 Å². The SMILES string of the molecule is Cn1c(N=C2CCCC[C@H]2O)c2c(c1-c1ccc(OC(F)(F)F)cc1O)CCOC2. The zero-order chi connectivity index (χ0) is 21.5. The number of fused-ring (bicyclic) bond motifs is 1. The van der Waals surface area contributed by atoms with Gasteiger partial charge in [0.2, 0.25) is 0 Å². The van der Waals surface area contributed by atoms with Gasteiger partial charge in [0.05, 0.1) is 25.0 Å². The Morgan fingerprint density at radius 2 is 2.00 bits per heavy atom. The smallest absolute Gasteiger partial charge is 0.507 e. The lowest BCUT2D eigenvalue weighted by molar-refractivity contribution is -0.274. The monoisotopic (exact) mass is 424 g/mol. The molecule has 9 heteroatoms. The van der Waals surface area contributed by atoms with Gasteiger partial charge in [0.25, 0.3) is 0 Å². The summed E-state index contributed by atoms with van der Waals surface area (Å²) in [7, 11) is 1.79. The largest absolute Gasteiger partial charge is 0.573 e. The number of aromatic nitrogens is 1. The Balaban J connectivity index is 1.80. The minimum Gasteiger partial charge on any atom is -0.507 e. The number of nitrogens with zero attached hydrogens (tertiary/aromatic N) is 2. The van der Waals surface area contributed by atoms with Crippen molar-refractivity contribution in [3.05, 3.63) is 29.3 Å². The standard InChI is InChI=1S/C21H23F3N2O4/c1-26-19(14-7-6-12(10-18(14)28)30-21(22,23)24)13-8-9-29-11-15(13)20(26)25-16-4-2-3-5-17(16)27/h6-7,10,17,27-28H,2-5,8-9,11H2,1H3/t17-/m1/s1. The van der Waals surface area contributed by atoms with Crippen molar-refractivity contribution in [2.75, 3.05) is 6.61 Å². The zero-order valence-electron chi connectivity index (χ0n) is 16.5. The highest BCUT2D eigenvalue weighted by molar-refractivity contribution is 5.92. The molecule has 1 fully saturated rings. The summed E-state index contributed by atoms with van der Waals surface area (Å²) in [5, 5.41) is 20.8. The quantitative estimate of drug-likeness (QED) is 0.767. The molecule has 0 radical (unpaired) electrons. The third kappa shape index (κ3) is 4.04. The lowest BCUT2D eigenvalue weighted by atomic mass is 9.95. The fourth-order valence-corrected chi connectivity index (χ4v) is 4.20. The first-order valence-electron chi connectivity index (χ1n) is 9.87. The molecule has 0 spiro atoms. The van der Waals surface area contributed by atoms with Crippen molar-refractivity contribution in [2.24, 2.45) is 12.0 Å². The van der Waals surface area contributed by atoms with E-state index in [0.717, 1.165) is 35.7 Å². The molecule has 1 aromatic heterocycles. The van der Waals surface area contributed by atoms with Crippen LogP contribution in [0.3, 0.4) is 0 Å². The first-order chi connectivity index (χ1) is 14.2. The fraction of sp³-hybridized carbons (Fsp3) is 0.476. The van der Waals surface area contributed by atoms with Crippen LogP contribution in [-0.2, 0) is 24.8 Å². The van der Waals surface area contributed by atoms with Crippen LogP contribution >= 0.6 is 0 Å². The van der Waals surface area contributed by atoms with Gasteiger partial charge in [-0.05, 0) is 43.4 Å². The van der Waals surface area contributed by atoms with Gasteiger partial charge in [-0.3, -0.25) is 0 Å². The van der Waals surface area contributed by atoms with Crippen LogP contribution in [0.2, 0.25) is 0 Å². The van der Waals surface area contributed by atoms with Crippen molar-refractivity contribution in [3.63, 3.8) is 0 Å². The van der Waals surface area contributed by atoms with Crippen LogP contribution in [0.5, 0.6) is 11.5 Å².